The van der Waals surface area contributed by atoms with Crippen LogP contribution in [0.1, 0.15) is 0 Å². The SMILES string of the molecule is c1ccc(-c2cccc3cccc(-c4ccccc4N(c4cccc(-c5ccc6c(c5)oc5ccccc56)c4)c4ccc5c(c4)oc4ccccc45)c23)cc1. The Kier molecular flexibility index (Phi) is 7.17. The van der Waals surface area contributed by atoms with Gasteiger partial charge in [0.15, 0.2) is 0 Å². The molecule has 11 rings (SSSR count). The van der Waals surface area contributed by atoms with Crippen molar-refractivity contribution in [2.75, 3.05) is 4.90 Å². The fourth-order valence-corrected chi connectivity index (χ4v) is 8.33. The van der Waals surface area contributed by atoms with Crippen LogP contribution in [0.4, 0.5) is 17.1 Å². The number of para-hydroxylation sites is 3. The summed E-state index contributed by atoms with van der Waals surface area (Å²) in [7, 11) is 0. The van der Waals surface area contributed by atoms with E-state index < -0.39 is 0 Å². The van der Waals surface area contributed by atoms with Crippen LogP contribution in [0.5, 0.6) is 0 Å². The first-order valence-electron chi connectivity index (χ1n) is 18.7. The van der Waals surface area contributed by atoms with Gasteiger partial charge in [-0.3, -0.25) is 0 Å². The lowest BCUT2D eigenvalue weighted by molar-refractivity contribution is 0.668. The molecule has 3 nitrogen and oxygen atoms in total. The van der Waals surface area contributed by atoms with Crippen LogP contribution in [0, 0.1) is 0 Å². The van der Waals surface area contributed by atoms with Crippen molar-refractivity contribution in [3.8, 4) is 33.4 Å². The third kappa shape index (κ3) is 5.20. The standard InChI is InChI=1S/C52H33NO2/c1-2-13-34(14-3-1)40-22-11-15-35-16-12-23-46(52(35)40)41-19-4-7-24-47(41)53(39-28-30-45-43-21-6-9-26-49(43)55-51(45)33-39)38-18-10-17-36(31-38)37-27-29-44-42-20-5-8-25-48(42)54-50(44)32-37/h1-33H. The van der Waals surface area contributed by atoms with Gasteiger partial charge in [0, 0.05) is 44.5 Å². The van der Waals surface area contributed by atoms with E-state index in [9.17, 15) is 0 Å². The molecule has 0 aliphatic carbocycles. The number of benzene rings is 9. The molecule has 0 bridgehead atoms. The number of fused-ring (bicyclic) bond motifs is 7. The second kappa shape index (κ2) is 12.6. The molecular formula is C52H33NO2. The third-order valence-corrected chi connectivity index (χ3v) is 10.9. The summed E-state index contributed by atoms with van der Waals surface area (Å²) < 4.78 is 12.8. The van der Waals surface area contributed by atoms with Crippen LogP contribution in [0.25, 0.3) is 88.0 Å². The largest absolute Gasteiger partial charge is 0.456 e. The number of hydrogen-bond donors (Lipinski definition) is 0. The molecule has 2 aromatic heterocycles. The van der Waals surface area contributed by atoms with Crippen molar-refractivity contribution < 1.29 is 8.83 Å². The van der Waals surface area contributed by atoms with E-state index in [1.54, 1.807) is 0 Å². The zero-order valence-electron chi connectivity index (χ0n) is 29.8. The Morgan fingerprint density at radius 1 is 0.309 bits per heavy atom. The van der Waals surface area contributed by atoms with Crippen LogP contribution in [0.2, 0.25) is 0 Å². The second-order valence-corrected chi connectivity index (χ2v) is 14.1. The molecule has 0 aliphatic rings. The average molecular weight is 704 g/mol. The van der Waals surface area contributed by atoms with E-state index in [4.69, 9.17) is 8.83 Å². The van der Waals surface area contributed by atoms with Crippen LogP contribution in [-0.2, 0) is 0 Å². The topological polar surface area (TPSA) is 29.5 Å². The van der Waals surface area contributed by atoms with E-state index >= 15 is 0 Å². The Morgan fingerprint density at radius 2 is 0.855 bits per heavy atom. The van der Waals surface area contributed by atoms with Crippen LogP contribution >= 0.6 is 0 Å². The molecular weight excluding hydrogens is 671 g/mol. The molecule has 0 saturated heterocycles. The van der Waals surface area contributed by atoms with Crippen molar-refractivity contribution in [1.82, 2.24) is 0 Å². The van der Waals surface area contributed by atoms with Gasteiger partial charge in [0.25, 0.3) is 0 Å². The minimum absolute atomic E-state index is 0.851. The van der Waals surface area contributed by atoms with Gasteiger partial charge in [0.2, 0.25) is 0 Å². The number of furan rings is 2. The van der Waals surface area contributed by atoms with Gasteiger partial charge in [-0.1, -0.05) is 140 Å². The van der Waals surface area contributed by atoms with Gasteiger partial charge >= 0.3 is 0 Å². The van der Waals surface area contributed by atoms with Gasteiger partial charge < -0.3 is 13.7 Å². The first kappa shape index (κ1) is 31.2. The van der Waals surface area contributed by atoms with Gasteiger partial charge in [0.1, 0.15) is 22.3 Å². The normalized spacial score (nSPS) is 11.6. The minimum Gasteiger partial charge on any atom is -0.456 e. The van der Waals surface area contributed by atoms with E-state index in [2.05, 4.69) is 181 Å². The van der Waals surface area contributed by atoms with Gasteiger partial charge in [0.05, 0.1) is 5.69 Å². The monoisotopic (exact) mass is 703 g/mol. The van der Waals surface area contributed by atoms with E-state index in [1.165, 1.54) is 27.5 Å². The molecule has 2 heterocycles. The molecule has 3 heteroatoms. The smallest absolute Gasteiger partial charge is 0.137 e. The summed E-state index contributed by atoms with van der Waals surface area (Å²) in [5, 5.41) is 6.89. The number of hydrogen-bond acceptors (Lipinski definition) is 3. The fourth-order valence-electron chi connectivity index (χ4n) is 8.33. The molecule has 0 unspecified atom stereocenters. The van der Waals surface area contributed by atoms with Gasteiger partial charge in [-0.15, -0.1) is 0 Å². The molecule has 258 valence electrons. The summed E-state index contributed by atoms with van der Waals surface area (Å²) in [5.41, 5.74) is 13.5. The molecule has 0 amide bonds. The number of rotatable bonds is 6. The van der Waals surface area contributed by atoms with Crippen LogP contribution in [-0.4, -0.2) is 0 Å². The predicted octanol–water partition coefficient (Wildman–Crippen LogP) is 15.1. The first-order chi connectivity index (χ1) is 27.3. The van der Waals surface area contributed by atoms with Gasteiger partial charge in [-0.2, -0.15) is 0 Å². The average Bonchev–Trinajstić information content (AvgIpc) is 3.82. The number of nitrogens with zero attached hydrogens (tertiary/aromatic N) is 1. The van der Waals surface area contributed by atoms with Crippen molar-refractivity contribution in [3.05, 3.63) is 200 Å². The molecule has 55 heavy (non-hydrogen) atoms. The Hall–Kier alpha value is -7.36. The van der Waals surface area contributed by atoms with Gasteiger partial charge in [-0.05, 0) is 93.2 Å². The molecule has 0 saturated carbocycles. The van der Waals surface area contributed by atoms with E-state index in [1.807, 2.05) is 24.3 Å². The summed E-state index contributed by atoms with van der Waals surface area (Å²) in [6.45, 7) is 0. The maximum Gasteiger partial charge on any atom is 0.137 e. The summed E-state index contributed by atoms with van der Waals surface area (Å²) >= 11 is 0. The molecule has 0 fully saturated rings. The van der Waals surface area contributed by atoms with Crippen molar-refractivity contribution >= 4 is 71.7 Å². The highest BCUT2D eigenvalue weighted by molar-refractivity contribution is 6.10. The minimum atomic E-state index is 0.851. The zero-order chi connectivity index (χ0) is 36.3. The quantitative estimate of drug-likeness (QED) is 0.173. The fraction of sp³-hybridized carbons (Fsp3) is 0. The molecule has 0 radical (unpaired) electrons. The Bertz CT molecular complexity index is 3220. The van der Waals surface area contributed by atoms with Crippen LogP contribution in [0.3, 0.4) is 0 Å². The van der Waals surface area contributed by atoms with Crippen molar-refractivity contribution in [2.24, 2.45) is 0 Å². The second-order valence-electron chi connectivity index (χ2n) is 14.1. The first-order valence-corrected chi connectivity index (χ1v) is 18.7. The maximum absolute atomic E-state index is 6.47. The summed E-state index contributed by atoms with van der Waals surface area (Å²) in [6, 6.07) is 71.1. The molecule has 0 atom stereocenters. The lowest BCUT2D eigenvalue weighted by atomic mass is 9.90. The van der Waals surface area contributed by atoms with Gasteiger partial charge in [-0.25, -0.2) is 0 Å². The highest BCUT2D eigenvalue weighted by atomic mass is 16.3. The lowest BCUT2D eigenvalue weighted by Crippen LogP contribution is -2.11. The maximum atomic E-state index is 6.47. The summed E-state index contributed by atoms with van der Waals surface area (Å²) in [6.07, 6.45) is 0. The summed E-state index contributed by atoms with van der Waals surface area (Å²) in [4.78, 5) is 2.37. The van der Waals surface area contributed by atoms with Crippen LogP contribution < -0.4 is 4.90 Å². The Morgan fingerprint density at radius 3 is 1.64 bits per heavy atom. The molecule has 0 spiro atoms. The third-order valence-electron chi connectivity index (χ3n) is 10.9. The lowest BCUT2D eigenvalue weighted by Gasteiger charge is -2.29. The van der Waals surface area contributed by atoms with E-state index in [-0.39, 0.29) is 0 Å². The Balaban J connectivity index is 1.13. The zero-order valence-corrected chi connectivity index (χ0v) is 29.8. The predicted molar refractivity (Wildman–Crippen MR) is 229 cm³/mol. The van der Waals surface area contributed by atoms with E-state index in [0.29, 0.717) is 0 Å². The van der Waals surface area contributed by atoms with Crippen molar-refractivity contribution in [1.29, 1.82) is 0 Å². The summed E-state index contributed by atoms with van der Waals surface area (Å²) in [5.74, 6) is 0. The molecule has 0 N–H and O–H groups in total. The molecule has 11 aromatic rings. The van der Waals surface area contributed by atoms with Crippen molar-refractivity contribution in [3.63, 3.8) is 0 Å². The number of anilines is 3. The van der Waals surface area contributed by atoms with Crippen LogP contribution in [0.15, 0.2) is 209 Å². The molecule has 0 aliphatic heterocycles. The Labute approximate surface area is 317 Å². The highest BCUT2D eigenvalue weighted by Crippen LogP contribution is 2.46. The molecule has 9 aromatic carbocycles. The van der Waals surface area contributed by atoms with Crippen molar-refractivity contribution in [2.45, 2.75) is 0 Å². The highest BCUT2D eigenvalue weighted by Gasteiger charge is 2.21. The van der Waals surface area contributed by atoms with E-state index in [0.717, 1.165) is 77.6 Å².